The SMILES string of the molecule is CSc1ccc(CN2CCNCC2C)cc1.Cl. The summed E-state index contributed by atoms with van der Waals surface area (Å²) in [6.07, 6.45) is 2.12. The van der Waals surface area contributed by atoms with Crippen LogP contribution in [0, 0.1) is 0 Å². The predicted octanol–water partition coefficient (Wildman–Crippen LogP) is 2.62. The largest absolute Gasteiger partial charge is 0.314 e. The third kappa shape index (κ3) is 4.18. The Morgan fingerprint density at radius 1 is 1.35 bits per heavy atom. The highest BCUT2D eigenvalue weighted by atomic mass is 35.5. The average Bonchev–Trinajstić information content (AvgIpc) is 2.33. The summed E-state index contributed by atoms with van der Waals surface area (Å²) in [7, 11) is 0. The van der Waals surface area contributed by atoms with Crippen LogP contribution in [0.5, 0.6) is 0 Å². The lowest BCUT2D eigenvalue weighted by Crippen LogP contribution is -2.49. The Morgan fingerprint density at radius 2 is 2.06 bits per heavy atom. The number of rotatable bonds is 3. The lowest BCUT2D eigenvalue weighted by atomic mass is 10.1. The molecule has 1 aliphatic heterocycles. The van der Waals surface area contributed by atoms with Gasteiger partial charge in [0, 0.05) is 37.1 Å². The topological polar surface area (TPSA) is 15.3 Å². The van der Waals surface area contributed by atoms with Gasteiger partial charge in [-0.15, -0.1) is 24.2 Å². The number of benzene rings is 1. The maximum absolute atomic E-state index is 3.42. The molecule has 17 heavy (non-hydrogen) atoms. The van der Waals surface area contributed by atoms with Crippen molar-refractivity contribution in [2.24, 2.45) is 0 Å². The third-order valence-electron chi connectivity index (χ3n) is 3.18. The van der Waals surface area contributed by atoms with E-state index in [1.54, 1.807) is 11.8 Å². The number of nitrogens with one attached hydrogen (secondary N) is 1. The minimum atomic E-state index is 0. The van der Waals surface area contributed by atoms with E-state index in [0.717, 1.165) is 26.2 Å². The Morgan fingerprint density at radius 3 is 2.65 bits per heavy atom. The van der Waals surface area contributed by atoms with Crippen LogP contribution < -0.4 is 5.32 Å². The molecule has 0 amide bonds. The lowest BCUT2D eigenvalue weighted by Gasteiger charge is -2.33. The van der Waals surface area contributed by atoms with Crippen molar-refractivity contribution >= 4 is 24.2 Å². The molecule has 1 aliphatic rings. The minimum Gasteiger partial charge on any atom is -0.314 e. The second-order valence-corrected chi connectivity index (χ2v) is 5.25. The van der Waals surface area contributed by atoms with E-state index < -0.39 is 0 Å². The van der Waals surface area contributed by atoms with Crippen molar-refractivity contribution in [1.29, 1.82) is 0 Å². The highest BCUT2D eigenvalue weighted by Crippen LogP contribution is 2.16. The Labute approximate surface area is 115 Å². The summed E-state index contributed by atoms with van der Waals surface area (Å²) in [5, 5.41) is 3.42. The van der Waals surface area contributed by atoms with E-state index in [1.807, 2.05) is 0 Å². The third-order valence-corrected chi connectivity index (χ3v) is 3.93. The van der Waals surface area contributed by atoms with Crippen LogP contribution in [0.4, 0.5) is 0 Å². The van der Waals surface area contributed by atoms with Crippen LogP contribution in [-0.4, -0.2) is 36.8 Å². The van der Waals surface area contributed by atoms with Gasteiger partial charge < -0.3 is 5.32 Å². The molecule has 4 heteroatoms. The molecule has 1 saturated heterocycles. The van der Waals surface area contributed by atoms with Crippen LogP contribution in [0.1, 0.15) is 12.5 Å². The smallest absolute Gasteiger partial charge is 0.0237 e. The van der Waals surface area contributed by atoms with E-state index in [-0.39, 0.29) is 12.4 Å². The van der Waals surface area contributed by atoms with Crippen LogP contribution in [0.2, 0.25) is 0 Å². The maximum atomic E-state index is 3.42. The van der Waals surface area contributed by atoms with Crippen LogP contribution >= 0.6 is 24.2 Å². The minimum absolute atomic E-state index is 0. The zero-order chi connectivity index (χ0) is 11.4. The molecule has 1 aromatic rings. The van der Waals surface area contributed by atoms with Gasteiger partial charge in [0.2, 0.25) is 0 Å². The molecular weight excluding hydrogens is 252 g/mol. The van der Waals surface area contributed by atoms with Gasteiger partial charge in [-0.2, -0.15) is 0 Å². The first-order valence-electron chi connectivity index (χ1n) is 5.87. The van der Waals surface area contributed by atoms with Crippen molar-refractivity contribution in [1.82, 2.24) is 10.2 Å². The highest BCUT2D eigenvalue weighted by Gasteiger charge is 2.17. The maximum Gasteiger partial charge on any atom is 0.0237 e. The highest BCUT2D eigenvalue weighted by molar-refractivity contribution is 7.98. The number of nitrogens with zero attached hydrogens (tertiary/aromatic N) is 1. The Bertz CT molecular complexity index is 329. The molecule has 1 N–H and O–H groups in total. The van der Waals surface area contributed by atoms with E-state index in [0.29, 0.717) is 6.04 Å². The second-order valence-electron chi connectivity index (χ2n) is 4.37. The van der Waals surface area contributed by atoms with Gasteiger partial charge in [0.05, 0.1) is 0 Å². The van der Waals surface area contributed by atoms with Gasteiger partial charge in [0.1, 0.15) is 0 Å². The zero-order valence-electron chi connectivity index (χ0n) is 10.5. The quantitative estimate of drug-likeness (QED) is 0.852. The molecule has 2 nitrogen and oxygen atoms in total. The van der Waals surface area contributed by atoms with E-state index >= 15 is 0 Å². The van der Waals surface area contributed by atoms with E-state index in [4.69, 9.17) is 0 Å². The molecule has 1 aromatic carbocycles. The molecule has 1 unspecified atom stereocenters. The van der Waals surface area contributed by atoms with Gasteiger partial charge in [-0.25, -0.2) is 0 Å². The Hall–Kier alpha value is -0.220. The standard InChI is InChI=1S/C13H20N2S.ClH/c1-11-9-14-7-8-15(11)10-12-3-5-13(16-2)6-4-12;/h3-6,11,14H,7-10H2,1-2H3;1H. The molecule has 96 valence electrons. The van der Waals surface area contributed by atoms with E-state index in [2.05, 4.69) is 47.7 Å². The number of halogens is 1. The number of piperazine rings is 1. The Kier molecular flexibility index (Phi) is 6.34. The van der Waals surface area contributed by atoms with Crippen LogP contribution in [-0.2, 0) is 6.54 Å². The number of hydrogen-bond acceptors (Lipinski definition) is 3. The summed E-state index contributed by atoms with van der Waals surface area (Å²) >= 11 is 1.80. The van der Waals surface area contributed by atoms with E-state index in [1.165, 1.54) is 10.5 Å². The number of hydrogen-bond donors (Lipinski definition) is 1. The first-order chi connectivity index (χ1) is 7.79. The Balaban J connectivity index is 0.00000144. The number of thioether (sulfide) groups is 1. The first-order valence-corrected chi connectivity index (χ1v) is 7.10. The fourth-order valence-corrected chi connectivity index (χ4v) is 2.49. The summed E-state index contributed by atoms with van der Waals surface area (Å²) in [5.41, 5.74) is 1.42. The van der Waals surface area contributed by atoms with Crippen molar-refractivity contribution in [3.63, 3.8) is 0 Å². The molecule has 1 heterocycles. The fraction of sp³-hybridized carbons (Fsp3) is 0.538. The normalized spacial score (nSPS) is 20.9. The first kappa shape index (κ1) is 14.8. The molecule has 0 saturated carbocycles. The molecule has 0 radical (unpaired) electrons. The molecule has 0 aliphatic carbocycles. The van der Waals surface area contributed by atoms with Gasteiger partial charge in [0.15, 0.2) is 0 Å². The fourth-order valence-electron chi connectivity index (χ4n) is 2.08. The van der Waals surface area contributed by atoms with Crippen molar-refractivity contribution in [2.75, 3.05) is 25.9 Å². The van der Waals surface area contributed by atoms with Crippen LogP contribution in [0.3, 0.4) is 0 Å². The van der Waals surface area contributed by atoms with Gasteiger partial charge in [-0.1, -0.05) is 12.1 Å². The van der Waals surface area contributed by atoms with Crippen LogP contribution in [0.15, 0.2) is 29.2 Å². The molecule has 2 rings (SSSR count). The summed E-state index contributed by atoms with van der Waals surface area (Å²) in [5.74, 6) is 0. The van der Waals surface area contributed by atoms with Gasteiger partial charge in [-0.05, 0) is 30.9 Å². The molecular formula is C13H21ClN2S. The molecule has 0 aromatic heterocycles. The van der Waals surface area contributed by atoms with Crippen molar-refractivity contribution < 1.29 is 0 Å². The average molecular weight is 273 g/mol. The van der Waals surface area contributed by atoms with Gasteiger partial charge >= 0.3 is 0 Å². The van der Waals surface area contributed by atoms with E-state index in [9.17, 15) is 0 Å². The van der Waals surface area contributed by atoms with Crippen molar-refractivity contribution in [2.45, 2.75) is 24.4 Å². The predicted molar refractivity (Wildman–Crippen MR) is 78.2 cm³/mol. The summed E-state index contributed by atoms with van der Waals surface area (Å²) in [6, 6.07) is 9.58. The summed E-state index contributed by atoms with van der Waals surface area (Å²) in [6.45, 7) is 6.77. The van der Waals surface area contributed by atoms with Crippen molar-refractivity contribution in [3.8, 4) is 0 Å². The second kappa shape index (κ2) is 7.27. The lowest BCUT2D eigenvalue weighted by molar-refractivity contribution is 0.165. The van der Waals surface area contributed by atoms with Gasteiger partial charge in [-0.3, -0.25) is 4.90 Å². The van der Waals surface area contributed by atoms with Crippen molar-refractivity contribution in [3.05, 3.63) is 29.8 Å². The molecule has 1 fully saturated rings. The molecule has 0 spiro atoms. The van der Waals surface area contributed by atoms with Crippen LogP contribution in [0.25, 0.3) is 0 Å². The summed E-state index contributed by atoms with van der Waals surface area (Å²) < 4.78 is 0. The molecule has 0 bridgehead atoms. The van der Waals surface area contributed by atoms with Gasteiger partial charge in [0.25, 0.3) is 0 Å². The summed E-state index contributed by atoms with van der Waals surface area (Å²) in [4.78, 5) is 3.89. The molecule has 1 atom stereocenters. The monoisotopic (exact) mass is 272 g/mol. The zero-order valence-corrected chi connectivity index (χ0v) is 12.1.